The summed E-state index contributed by atoms with van der Waals surface area (Å²) in [5.74, 6) is 1.07. The van der Waals surface area contributed by atoms with Crippen molar-refractivity contribution in [2.75, 3.05) is 12.0 Å². The van der Waals surface area contributed by atoms with Crippen LogP contribution in [0.15, 0.2) is 12.1 Å². The van der Waals surface area contributed by atoms with Crippen LogP contribution in [0.1, 0.15) is 32.8 Å². The molecule has 1 aromatic carbocycles. The first-order valence-electron chi connectivity index (χ1n) is 6.84. The van der Waals surface area contributed by atoms with Crippen molar-refractivity contribution in [3.63, 3.8) is 0 Å². The van der Waals surface area contributed by atoms with E-state index < -0.39 is 6.10 Å². The van der Waals surface area contributed by atoms with E-state index in [1.807, 2.05) is 20.8 Å². The van der Waals surface area contributed by atoms with E-state index in [-0.39, 0.29) is 18.6 Å². The van der Waals surface area contributed by atoms with Crippen molar-refractivity contribution in [2.24, 2.45) is 0 Å². The number of aliphatic hydroxyl groups is 1. The fourth-order valence-electron chi connectivity index (χ4n) is 2.44. The predicted octanol–water partition coefficient (Wildman–Crippen LogP) is 2.10. The highest BCUT2D eigenvalue weighted by molar-refractivity contribution is 6.01. The Morgan fingerprint density at radius 2 is 2.15 bits per heavy atom. The number of benzene rings is 1. The Hall–Kier alpha value is -1.75. The van der Waals surface area contributed by atoms with Crippen LogP contribution in [0.5, 0.6) is 11.5 Å². The largest absolute Gasteiger partial charge is 0.493 e. The Bertz CT molecular complexity index is 513. The highest BCUT2D eigenvalue weighted by atomic mass is 16.5. The molecule has 5 heteroatoms. The molecule has 110 valence electrons. The molecular formula is C15H21NO4. The smallest absolute Gasteiger partial charge is 0.268 e. The minimum absolute atomic E-state index is 0.0119. The minimum Gasteiger partial charge on any atom is -0.493 e. The molecule has 0 radical (unpaired) electrons. The van der Waals surface area contributed by atoms with Crippen molar-refractivity contribution in [2.45, 2.75) is 45.9 Å². The second kappa shape index (κ2) is 5.71. The van der Waals surface area contributed by atoms with Gasteiger partial charge in [-0.3, -0.25) is 4.79 Å². The number of carbonyl (C=O) groups is 1. The lowest BCUT2D eigenvalue weighted by atomic mass is 10.1. The van der Waals surface area contributed by atoms with Crippen molar-refractivity contribution >= 4 is 11.6 Å². The molecule has 0 saturated heterocycles. The SMILES string of the molecule is CCC1Oc2c(OC)cc(CO)cc2N(C(C)C)C1=O. The Morgan fingerprint density at radius 3 is 2.65 bits per heavy atom. The van der Waals surface area contributed by atoms with E-state index in [0.29, 0.717) is 29.2 Å². The third-order valence-electron chi connectivity index (χ3n) is 3.42. The molecule has 1 aliphatic rings. The lowest BCUT2D eigenvalue weighted by Gasteiger charge is -2.37. The van der Waals surface area contributed by atoms with Crippen molar-refractivity contribution in [1.29, 1.82) is 0 Å². The first-order valence-corrected chi connectivity index (χ1v) is 6.84. The standard InChI is InChI=1S/C15H21NO4/c1-5-12-15(18)16(9(2)3)11-6-10(8-17)7-13(19-4)14(11)20-12/h6-7,9,12,17H,5,8H2,1-4H3. The normalized spacial score (nSPS) is 18.0. The van der Waals surface area contributed by atoms with Gasteiger partial charge in [-0.25, -0.2) is 0 Å². The number of ether oxygens (including phenoxy) is 2. The Morgan fingerprint density at radius 1 is 1.45 bits per heavy atom. The van der Waals surface area contributed by atoms with E-state index >= 15 is 0 Å². The fraction of sp³-hybridized carbons (Fsp3) is 0.533. The van der Waals surface area contributed by atoms with E-state index in [1.54, 1.807) is 24.1 Å². The highest BCUT2D eigenvalue weighted by Gasteiger charge is 2.36. The molecule has 0 bridgehead atoms. The van der Waals surface area contributed by atoms with Gasteiger partial charge in [0, 0.05) is 6.04 Å². The lowest BCUT2D eigenvalue weighted by molar-refractivity contribution is -0.126. The van der Waals surface area contributed by atoms with Gasteiger partial charge in [0.1, 0.15) is 0 Å². The summed E-state index contributed by atoms with van der Waals surface area (Å²) in [6.45, 7) is 5.72. The molecule has 0 aromatic heterocycles. The second-order valence-electron chi connectivity index (χ2n) is 5.12. The third kappa shape index (κ3) is 2.33. The average Bonchev–Trinajstić information content (AvgIpc) is 2.44. The first-order chi connectivity index (χ1) is 9.53. The zero-order chi connectivity index (χ0) is 14.9. The number of hydrogen-bond acceptors (Lipinski definition) is 4. The summed E-state index contributed by atoms with van der Waals surface area (Å²) in [5.41, 5.74) is 1.36. The summed E-state index contributed by atoms with van der Waals surface area (Å²) in [6.07, 6.45) is 0.116. The highest BCUT2D eigenvalue weighted by Crippen LogP contribution is 2.44. The minimum atomic E-state index is -0.487. The number of amides is 1. The number of hydrogen-bond donors (Lipinski definition) is 1. The topological polar surface area (TPSA) is 59.0 Å². The lowest BCUT2D eigenvalue weighted by Crippen LogP contribution is -2.49. The van der Waals surface area contributed by atoms with E-state index in [0.717, 1.165) is 0 Å². The Labute approximate surface area is 119 Å². The van der Waals surface area contributed by atoms with Crippen molar-refractivity contribution in [3.8, 4) is 11.5 Å². The van der Waals surface area contributed by atoms with Gasteiger partial charge in [-0.15, -0.1) is 0 Å². The molecule has 1 N–H and O–H groups in total. The van der Waals surface area contributed by atoms with Crippen LogP contribution < -0.4 is 14.4 Å². The molecule has 1 unspecified atom stereocenters. The molecule has 20 heavy (non-hydrogen) atoms. The first kappa shape index (κ1) is 14.7. The van der Waals surface area contributed by atoms with Gasteiger partial charge in [0.05, 0.1) is 19.4 Å². The Kier molecular flexibility index (Phi) is 4.18. The van der Waals surface area contributed by atoms with Gasteiger partial charge in [0.2, 0.25) is 0 Å². The van der Waals surface area contributed by atoms with Crippen molar-refractivity contribution in [1.82, 2.24) is 0 Å². The second-order valence-corrected chi connectivity index (χ2v) is 5.12. The zero-order valence-electron chi connectivity index (χ0n) is 12.3. The number of carbonyl (C=O) groups excluding carboxylic acids is 1. The van der Waals surface area contributed by atoms with Gasteiger partial charge in [-0.2, -0.15) is 0 Å². The molecule has 1 aliphatic heterocycles. The fourth-order valence-corrected chi connectivity index (χ4v) is 2.44. The summed E-state index contributed by atoms with van der Waals surface area (Å²) in [6, 6.07) is 3.53. The van der Waals surface area contributed by atoms with Crippen LogP contribution in [0.4, 0.5) is 5.69 Å². The Balaban J connectivity index is 2.61. The molecule has 5 nitrogen and oxygen atoms in total. The van der Waals surface area contributed by atoms with Crippen LogP contribution in [0.2, 0.25) is 0 Å². The molecule has 1 atom stereocenters. The monoisotopic (exact) mass is 279 g/mol. The van der Waals surface area contributed by atoms with Crippen LogP contribution in [0.3, 0.4) is 0 Å². The summed E-state index contributed by atoms with van der Waals surface area (Å²) in [4.78, 5) is 14.2. The molecular weight excluding hydrogens is 258 g/mol. The number of fused-ring (bicyclic) bond motifs is 1. The quantitative estimate of drug-likeness (QED) is 0.917. The molecule has 0 saturated carbocycles. The van der Waals surface area contributed by atoms with Gasteiger partial charge < -0.3 is 19.5 Å². The van der Waals surface area contributed by atoms with Crippen LogP contribution in [-0.4, -0.2) is 30.3 Å². The van der Waals surface area contributed by atoms with Crippen LogP contribution in [0, 0.1) is 0 Å². The number of rotatable bonds is 4. The molecule has 1 heterocycles. The zero-order valence-corrected chi connectivity index (χ0v) is 12.3. The number of anilines is 1. The summed E-state index contributed by atoms with van der Waals surface area (Å²) >= 11 is 0. The van der Waals surface area contributed by atoms with Gasteiger partial charge in [0.25, 0.3) is 5.91 Å². The number of aliphatic hydroxyl groups excluding tert-OH is 1. The molecule has 2 rings (SSSR count). The molecule has 1 aromatic rings. The van der Waals surface area contributed by atoms with Gasteiger partial charge >= 0.3 is 0 Å². The maximum Gasteiger partial charge on any atom is 0.268 e. The average molecular weight is 279 g/mol. The summed E-state index contributed by atoms with van der Waals surface area (Å²) in [5, 5.41) is 9.35. The maximum absolute atomic E-state index is 12.5. The van der Waals surface area contributed by atoms with Gasteiger partial charge in [-0.1, -0.05) is 6.92 Å². The van der Waals surface area contributed by atoms with E-state index in [9.17, 15) is 9.90 Å². The summed E-state index contributed by atoms with van der Waals surface area (Å²) < 4.78 is 11.1. The van der Waals surface area contributed by atoms with Crippen molar-refractivity contribution < 1.29 is 19.4 Å². The molecule has 0 fully saturated rings. The van der Waals surface area contributed by atoms with E-state index in [2.05, 4.69) is 0 Å². The number of methoxy groups -OCH3 is 1. The third-order valence-corrected chi connectivity index (χ3v) is 3.42. The molecule has 0 aliphatic carbocycles. The molecule has 1 amide bonds. The van der Waals surface area contributed by atoms with Gasteiger partial charge in [0.15, 0.2) is 17.6 Å². The van der Waals surface area contributed by atoms with Crippen LogP contribution >= 0.6 is 0 Å². The van der Waals surface area contributed by atoms with Gasteiger partial charge in [-0.05, 0) is 38.0 Å². The summed E-state index contributed by atoms with van der Waals surface area (Å²) in [7, 11) is 1.55. The maximum atomic E-state index is 12.5. The predicted molar refractivity (Wildman–Crippen MR) is 76.2 cm³/mol. The van der Waals surface area contributed by atoms with Crippen molar-refractivity contribution in [3.05, 3.63) is 17.7 Å². The van der Waals surface area contributed by atoms with Crippen LogP contribution in [-0.2, 0) is 11.4 Å². The van der Waals surface area contributed by atoms with E-state index in [4.69, 9.17) is 9.47 Å². The van der Waals surface area contributed by atoms with Crippen LogP contribution in [0.25, 0.3) is 0 Å². The van der Waals surface area contributed by atoms with E-state index in [1.165, 1.54) is 0 Å². The number of nitrogens with zero attached hydrogens (tertiary/aromatic N) is 1. The molecule has 0 spiro atoms.